The zero-order chi connectivity index (χ0) is 22.6. The zero-order valence-electron chi connectivity index (χ0n) is 17.4. The third-order valence-corrected chi connectivity index (χ3v) is 7.36. The number of benzene rings is 2. The minimum Gasteiger partial charge on any atom is -0.449 e. The number of nitrogens with one attached hydrogen (secondary N) is 1. The molecule has 0 bridgehead atoms. The number of amides is 1. The molecule has 1 atom stereocenters. The first-order valence-corrected chi connectivity index (χ1v) is 11.9. The highest BCUT2D eigenvalue weighted by atomic mass is 35.5. The standard InChI is InChI=1S/C22H25ClN2O5S/c1-15-10-12-25(13-11-15)31(28,29)20-8-6-17(7-9-20)22(27)30-16(2)21(26)24-19-5-3-4-18(23)14-19/h3-9,14-16H,10-13H2,1-2H3,(H,24,26). The molecule has 9 heteroatoms. The lowest BCUT2D eigenvalue weighted by atomic mass is 10.0. The lowest BCUT2D eigenvalue weighted by Gasteiger charge is -2.29. The molecule has 1 heterocycles. The molecule has 0 aliphatic carbocycles. The van der Waals surface area contributed by atoms with Gasteiger partial charge in [0, 0.05) is 23.8 Å². The number of sulfonamides is 1. The molecule has 1 N–H and O–H groups in total. The van der Waals surface area contributed by atoms with Gasteiger partial charge in [0.2, 0.25) is 10.0 Å². The molecule has 0 saturated carbocycles. The van der Waals surface area contributed by atoms with Crippen molar-refractivity contribution in [3.8, 4) is 0 Å². The van der Waals surface area contributed by atoms with Gasteiger partial charge in [-0.15, -0.1) is 0 Å². The van der Waals surface area contributed by atoms with Gasteiger partial charge < -0.3 is 10.1 Å². The van der Waals surface area contributed by atoms with Gasteiger partial charge in [0.05, 0.1) is 10.5 Å². The smallest absolute Gasteiger partial charge is 0.338 e. The van der Waals surface area contributed by atoms with E-state index in [2.05, 4.69) is 12.2 Å². The van der Waals surface area contributed by atoms with Gasteiger partial charge in [0.15, 0.2) is 6.10 Å². The van der Waals surface area contributed by atoms with Crippen molar-refractivity contribution in [2.75, 3.05) is 18.4 Å². The molecule has 7 nitrogen and oxygen atoms in total. The third-order valence-electron chi connectivity index (χ3n) is 5.22. The monoisotopic (exact) mass is 464 g/mol. The molecule has 166 valence electrons. The molecule has 3 rings (SSSR count). The van der Waals surface area contributed by atoms with Crippen LogP contribution in [0.5, 0.6) is 0 Å². The Morgan fingerprint density at radius 3 is 2.39 bits per heavy atom. The maximum absolute atomic E-state index is 12.8. The number of rotatable bonds is 6. The summed E-state index contributed by atoms with van der Waals surface area (Å²) in [6.45, 7) is 4.55. The molecule has 1 saturated heterocycles. The summed E-state index contributed by atoms with van der Waals surface area (Å²) in [5.74, 6) is -0.708. The Balaban J connectivity index is 1.61. The van der Waals surface area contributed by atoms with Crippen LogP contribution >= 0.6 is 11.6 Å². The SMILES string of the molecule is CC1CCN(S(=O)(=O)c2ccc(C(=O)OC(C)C(=O)Nc3cccc(Cl)c3)cc2)CC1. The second-order valence-corrected chi connectivity index (χ2v) is 10.0. The van der Waals surface area contributed by atoms with Crippen molar-refractivity contribution in [2.24, 2.45) is 5.92 Å². The van der Waals surface area contributed by atoms with Gasteiger partial charge in [0.1, 0.15) is 0 Å². The number of hydrogen-bond donors (Lipinski definition) is 1. The van der Waals surface area contributed by atoms with Crippen LogP contribution in [0.2, 0.25) is 5.02 Å². The topological polar surface area (TPSA) is 92.8 Å². The van der Waals surface area contributed by atoms with Crippen molar-refractivity contribution in [1.29, 1.82) is 0 Å². The molecule has 2 aromatic carbocycles. The number of carbonyl (C=O) groups is 2. The quantitative estimate of drug-likeness (QED) is 0.653. The fourth-order valence-corrected chi connectivity index (χ4v) is 4.89. The Morgan fingerprint density at radius 1 is 1.13 bits per heavy atom. The molecule has 31 heavy (non-hydrogen) atoms. The van der Waals surface area contributed by atoms with Crippen LogP contribution < -0.4 is 5.32 Å². The van der Waals surface area contributed by atoms with E-state index < -0.39 is 28.0 Å². The van der Waals surface area contributed by atoms with Crippen molar-refractivity contribution >= 4 is 39.2 Å². The van der Waals surface area contributed by atoms with E-state index in [-0.39, 0.29) is 10.5 Å². The minimum atomic E-state index is -3.60. The van der Waals surface area contributed by atoms with E-state index in [1.54, 1.807) is 24.3 Å². The fourth-order valence-electron chi connectivity index (χ4n) is 3.23. The number of nitrogens with zero attached hydrogens (tertiary/aromatic N) is 1. The number of halogens is 1. The van der Waals surface area contributed by atoms with E-state index in [1.165, 1.54) is 35.5 Å². The summed E-state index contributed by atoms with van der Waals surface area (Å²) in [4.78, 5) is 24.8. The molecular weight excluding hydrogens is 440 g/mol. The van der Waals surface area contributed by atoms with Crippen LogP contribution in [0.25, 0.3) is 0 Å². The van der Waals surface area contributed by atoms with Crippen LogP contribution in [0.1, 0.15) is 37.0 Å². The van der Waals surface area contributed by atoms with Gasteiger partial charge >= 0.3 is 5.97 Å². The maximum atomic E-state index is 12.8. The average molecular weight is 465 g/mol. The first-order valence-electron chi connectivity index (χ1n) is 10.0. The van der Waals surface area contributed by atoms with Gasteiger partial charge in [0.25, 0.3) is 5.91 Å². The van der Waals surface area contributed by atoms with Gasteiger partial charge in [-0.05, 0) is 68.1 Å². The van der Waals surface area contributed by atoms with E-state index in [0.717, 1.165) is 12.8 Å². The summed E-state index contributed by atoms with van der Waals surface area (Å²) in [5.41, 5.74) is 0.649. The number of carbonyl (C=O) groups excluding carboxylic acids is 2. The van der Waals surface area contributed by atoms with E-state index in [4.69, 9.17) is 16.3 Å². The van der Waals surface area contributed by atoms with Crippen LogP contribution in [0.15, 0.2) is 53.4 Å². The second kappa shape index (κ2) is 9.80. The second-order valence-electron chi connectivity index (χ2n) is 7.66. The Hall–Kier alpha value is -2.42. The number of piperidine rings is 1. The molecule has 0 aromatic heterocycles. The Labute approximate surface area is 187 Å². The number of ether oxygens (including phenoxy) is 1. The molecule has 2 aromatic rings. The Morgan fingerprint density at radius 2 is 1.77 bits per heavy atom. The van der Waals surface area contributed by atoms with Gasteiger partial charge in [-0.1, -0.05) is 24.6 Å². The predicted molar refractivity (Wildman–Crippen MR) is 119 cm³/mol. The zero-order valence-corrected chi connectivity index (χ0v) is 18.9. The van der Waals surface area contributed by atoms with Crippen molar-refractivity contribution in [3.63, 3.8) is 0 Å². The van der Waals surface area contributed by atoms with Crippen molar-refractivity contribution in [1.82, 2.24) is 4.31 Å². The van der Waals surface area contributed by atoms with Crippen LogP contribution in [0.4, 0.5) is 5.69 Å². The molecule has 0 radical (unpaired) electrons. The molecule has 0 spiro atoms. The van der Waals surface area contributed by atoms with Crippen LogP contribution in [0.3, 0.4) is 0 Å². The minimum absolute atomic E-state index is 0.130. The first kappa shape index (κ1) is 23.2. The number of hydrogen-bond acceptors (Lipinski definition) is 5. The maximum Gasteiger partial charge on any atom is 0.338 e. The van der Waals surface area contributed by atoms with Crippen molar-refractivity contribution in [3.05, 3.63) is 59.1 Å². The molecule has 1 aliphatic rings. The molecule has 1 aliphatic heterocycles. The van der Waals surface area contributed by atoms with Crippen LogP contribution in [-0.4, -0.2) is 43.8 Å². The van der Waals surface area contributed by atoms with E-state index in [1.807, 2.05) is 0 Å². The van der Waals surface area contributed by atoms with Gasteiger partial charge in [-0.25, -0.2) is 13.2 Å². The summed E-state index contributed by atoms with van der Waals surface area (Å²) in [5, 5.41) is 3.09. The Bertz CT molecular complexity index is 1050. The number of anilines is 1. The highest BCUT2D eigenvalue weighted by molar-refractivity contribution is 7.89. The lowest BCUT2D eigenvalue weighted by Crippen LogP contribution is -2.37. The summed E-state index contributed by atoms with van der Waals surface area (Å²) >= 11 is 5.89. The molecular formula is C22H25ClN2O5S. The van der Waals surface area contributed by atoms with Crippen molar-refractivity contribution < 1.29 is 22.7 Å². The predicted octanol–water partition coefficient (Wildman–Crippen LogP) is 3.94. The van der Waals surface area contributed by atoms with E-state index in [9.17, 15) is 18.0 Å². The molecule has 1 fully saturated rings. The van der Waals surface area contributed by atoms with Crippen molar-refractivity contribution in [2.45, 2.75) is 37.7 Å². The average Bonchev–Trinajstić information content (AvgIpc) is 2.74. The van der Waals surface area contributed by atoms with Gasteiger partial charge in [-0.2, -0.15) is 4.31 Å². The van der Waals surface area contributed by atoms with E-state index in [0.29, 0.717) is 29.7 Å². The summed E-state index contributed by atoms with van der Waals surface area (Å²) in [7, 11) is -3.60. The summed E-state index contributed by atoms with van der Waals surface area (Å²) < 4.78 is 32.3. The highest BCUT2D eigenvalue weighted by Gasteiger charge is 2.28. The Kier molecular flexibility index (Phi) is 7.35. The van der Waals surface area contributed by atoms with Crippen LogP contribution in [-0.2, 0) is 19.6 Å². The lowest BCUT2D eigenvalue weighted by molar-refractivity contribution is -0.123. The molecule has 1 unspecified atom stereocenters. The van der Waals surface area contributed by atoms with Gasteiger partial charge in [-0.3, -0.25) is 4.79 Å². The highest BCUT2D eigenvalue weighted by Crippen LogP contribution is 2.24. The number of esters is 1. The normalized spacial score (nSPS) is 16.5. The third kappa shape index (κ3) is 5.84. The summed E-state index contributed by atoms with van der Waals surface area (Å²) in [6, 6.07) is 12.2. The van der Waals surface area contributed by atoms with Crippen LogP contribution in [0, 0.1) is 5.92 Å². The van der Waals surface area contributed by atoms with E-state index >= 15 is 0 Å². The largest absolute Gasteiger partial charge is 0.449 e. The first-order chi connectivity index (χ1) is 14.7. The fraction of sp³-hybridized carbons (Fsp3) is 0.364. The summed E-state index contributed by atoms with van der Waals surface area (Å²) in [6.07, 6.45) is 0.614. The molecule has 1 amide bonds.